The maximum Gasteiger partial charge on any atom is 0.305 e. The summed E-state index contributed by atoms with van der Waals surface area (Å²) in [4.78, 5) is 24.7. The van der Waals surface area contributed by atoms with Crippen molar-refractivity contribution in [3.05, 3.63) is 114 Å². The van der Waals surface area contributed by atoms with Gasteiger partial charge in [-0.25, -0.2) is 8.42 Å². The number of rotatable bonds is 15. The third-order valence-corrected chi connectivity index (χ3v) is 7.12. The number of benzene rings is 4. The molecule has 0 unspecified atom stereocenters. The number of aliphatic carboxylic acids is 1. The minimum Gasteiger partial charge on any atom is -0.484 e. The quantitative estimate of drug-likeness (QED) is 0.163. The molecular formula is C33H35N3O7S. The van der Waals surface area contributed by atoms with Crippen LogP contribution in [-0.2, 0) is 32.7 Å². The van der Waals surface area contributed by atoms with Crippen LogP contribution in [0.15, 0.2) is 97.1 Å². The zero-order valence-electron chi connectivity index (χ0n) is 24.5. The van der Waals surface area contributed by atoms with E-state index in [0.717, 1.165) is 28.6 Å². The number of hydrogen-bond donors (Lipinski definition) is 3. The van der Waals surface area contributed by atoms with E-state index in [1.807, 2.05) is 61.5 Å². The molecule has 0 fully saturated rings. The fourth-order valence-electron chi connectivity index (χ4n) is 4.46. The Labute approximate surface area is 257 Å². The van der Waals surface area contributed by atoms with E-state index >= 15 is 0 Å². The predicted octanol–water partition coefficient (Wildman–Crippen LogP) is 5.34. The molecule has 0 radical (unpaired) electrons. The van der Waals surface area contributed by atoms with Crippen molar-refractivity contribution in [1.29, 1.82) is 0 Å². The lowest BCUT2D eigenvalue weighted by Gasteiger charge is -2.28. The van der Waals surface area contributed by atoms with Crippen LogP contribution in [0.5, 0.6) is 17.2 Å². The Balaban J connectivity index is 1.44. The van der Waals surface area contributed by atoms with Crippen molar-refractivity contribution in [1.82, 2.24) is 5.32 Å². The molecule has 0 aromatic heterocycles. The molecule has 0 aliphatic carbocycles. The Kier molecular flexibility index (Phi) is 10.8. The Morgan fingerprint density at radius 1 is 0.818 bits per heavy atom. The summed E-state index contributed by atoms with van der Waals surface area (Å²) in [6.45, 7) is 2.88. The average molecular weight is 618 g/mol. The fraction of sp³-hybridized carbons (Fsp3) is 0.212. The zero-order valence-corrected chi connectivity index (χ0v) is 25.3. The molecule has 0 spiro atoms. The summed E-state index contributed by atoms with van der Waals surface area (Å²) >= 11 is 0. The van der Waals surface area contributed by atoms with Crippen molar-refractivity contribution >= 4 is 33.3 Å². The molecule has 0 saturated carbocycles. The van der Waals surface area contributed by atoms with Gasteiger partial charge in [-0.15, -0.1) is 0 Å². The van der Waals surface area contributed by atoms with E-state index in [0.29, 0.717) is 36.0 Å². The summed E-state index contributed by atoms with van der Waals surface area (Å²) in [5.74, 6) is 0.175. The molecule has 230 valence electrons. The van der Waals surface area contributed by atoms with Gasteiger partial charge in [0.05, 0.1) is 18.4 Å². The Bertz CT molecular complexity index is 1680. The lowest BCUT2D eigenvalue weighted by Crippen LogP contribution is -2.30. The molecule has 1 amide bonds. The van der Waals surface area contributed by atoms with Crippen LogP contribution in [0.4, 0.5) is 11.4 Å². The van der Waals surface area contributed by atoms with E-state index in [4.69, 9.17) is 14.6 Å². The number of carboxylic acid groups (broad SMARTS) is 1. The van der Waals surface area contributed by atoms with Gasteiger partial charge >= 0.3 is 5.97 Å². The van der Waals surface area contributed by atoms with Gasteiger partial charge in [-0.2, -0.15) is 0 Å². The normalized spacial score (nSPS) is 11.0. The molecule has 0 bridgehead atoms. The van der Waals surface area contributed by atoms with Crippen molar-refractivity contribution in [2.45, 2.75) is 26.4 Å². The van der Waals surface area contributed by atoms with Crippen LogP contribution >= 0.6 is 0 Å². The van der Waals surface area contributed by atoms with E-state index in [1.54, 1.807) is 30.3 Å². The molecule has 0 aliphatic heterocycles. The molecule has 3 N–H and O–H groups in total. The van der Waals surface area contributed by atoms with Crippen molar-refractivity contribution < 1.29 is 32.6 Å². The number of sulfonamides is 1. The van der Waals surface area contributed by atoms with Gasteiger partial charge in [0.2, 0.25) is 10.0 Å². The highest BCUT2D eigenvalue weighted by Crippen LogP contribution is 2.31. The summed E-state index contributed by atoms with van der Waals surface area (Å²) in [7, 11) is -3.43. The largest absolute Gasteiger partial charge is 0.484 e. The number of hydrogen-bond acceptors (Lipinski definition) is 7. The molecule has 44 heavy (non-hydrogen) atoms. The second-order valence-electron chi connectivity index (χ2n) is 10.2. The lowest BCUT2D eigenvalue weighted by atomic mass is 10.1. The number of carboxylic acids is 1. The monoisotopic (exact) mass is 617 g/mol. The molecule has 4 rings (SSSR count). The smallest absolute Gasteiger partial charge is 0.305 e. The summed E-state index contributed by atoms with van der Waals surface area (Å²) in [5, 5.41) is 11.2. The van der Waals surface area contributed by atoms with Crippen LogP contribution in [0, 0.1) is 6.92 Å². The molecule has 0 atom stereocenters. The first-order chi connectivity index (χ1) is 21.1. The highest BCUT2D eigenvalue weighted by molar-refractivity contribution is 7.92. The molecule has 10 nitrogen and oxygen atoms in total. The third kappa shape index (κ3) is 10.1. The van der Waals surface area contributed by atoms with Gasteiger partial charge < -0.3 is 24.8 Å². The first-order valence-electron chi connectivity index (χ1n) is 13.9. The SMILES string of the molecule is Cc1c(NS(C)(=O)=O)cccc1N(Cc1ccccc1)Cc1ccc(Oc2cccc(OCC(=O)NCCC(=O)O)c2)cc1. The minimum atomic E-state index is -3.43. The minimum absolute atomic E-state index is 0.0348. The zero-order chi connectivity index (χ0) is 31.5. The lowest BCUT2D eigenvalue weighted by molar-refractivity contribution is -0.137. The maximum atomic E-state index is 11.9. The van der Waals surface area contributed by atoms with Gasteiger partial charge in [-0.05, 0) is 60.0 Å². The van der Waals surface area contributed by atoms with Crippen molar-refractivity contribution in [3.63, 3.8) is 0 Å². The number of nitrogens with one attached hydrogen (secondary N) is 2. The van der Waals surface area contributed by atoms with Crippen LogP contribution in [0.3, 0.4) is 0 Å². The molecule has 0 aliphatic rings. The van der Waals surface area contributed by atoms with Crippen LogP contribution in [0.25, 0.3) is 0 Å². The molecule has 4 aromatic carbocycles. The van der Waals surface area contributed by atoms with Crippen LogP contribution in [0.2, 0.25) is 0 Å². The van der Waals surface area contributed by atoms with Crippen molar-refractivity contribution in [3.8, 4) is 17.2 Å². The number of amides is 1. The molecule has 11 heteroatoms. The van der Waals surface area contributed by atoms with E-state index in [9.17, 15) is 18.0 Å². The summed E-state index contributed by atoms with van der Waals surface area (Å²) < 4.78 is 38.0. The van der Waals surface area contributed by atoms with E-state index in [1.165, 1.54) is 0 Å². The van der Waals surface area contributed by atoms with Crippen molar-refractivity contribution in [2.24, 2.45) is 0 Å². The van der Waals surface area contributed by atoms with Gasteiger partial charge in [0.25, 0.3) is 5.91 Å². The Morgan fingerprint density at radius 2 is 1.48 bits per heavy atom. The second kappa shape index (κ2) is 14.9. The average Bonchev–Trinajstić information content (AvgIpc) is 2.98. The molecule has 0 saturated heterocycles. The summed E-state index contributed by atoms with van der Waals surface area (Å²) in [6.07, 6.45) is 0.980. The Morgan fingerprint density at radius 3 is 2.16 bits per heavy atom. The molecule has 4 aromatic rings. The van der Waals surface area contributed by atoms with E-state index < -0.39 is 21.9 Å². The number of carbonyl (C=O) groups excluding carboxylic acids is 1. The number of carbonyl (C=O) groups is 2. The van der Waals surface area contributed by atoms with Crippen LogP contribution < -0.4 is 24.4 Å². The van der Waals surface area contributed by atoms with Gasteiger partial charge in [0.1, 0.15) is 17.2 Å². The highest BCUT2D eigenvalue weighted by atomic mass is 32.2. The van der Waals surface area contributed by atoms with Crippen LogP contribution in [-0.4, -0.2) is 44.8 Å². The van der Waals surface area contributed by atoms with E-state index in [-0.39, 0.29) is 19.6 Å². The first-order valence-corrected chi connectivity index (χ1v) is 15.8. The maximum absolute atomic E-state index is 11.9. The summed E-state index contributed by atoms with van der Waals surface area (Å²) in [5.41, 5.74) is 4.43. The molecule has 0 heterocycles. The van der Waals surface area contributed by atoms with Gasteiger partial charge in [-0.3, -0.25) is 14.3 Å². The van der Waals surface area contributed by atoms with E-state index in [2.05, 4.69) is 27.1 Å². The highest BCUT2D eigenvalue weighted by Gasteiger charge is 2.15. The van der Waals surface area contributed by atoms with Gasteiger partial charge in [0, 0.05) is 31.4 Å². The topological polar surface area (TPSA) is 134 Å². The number of nitrogens with zero attached hydrogens (tertiary/aromatic N) is 1. The second-order valence-corrected chi connectivity index (χ2v) is 11.9. The number of ether oxygens (including phenoxy) is 2. The Hall–Kier alpha value is -5.03. The predicted molar refractivity (Wildman–Crippen MR) is 170 cm³/mol. The number of anilines is 2. The standard InChI is InChI=1S/C33H35N3O7S/c1-24-30(35-44(2,40)41)12-7-13-31(24)36(21-25-8-4-3-5-9-25)22-26-14-16-27(17-15-26)43-29-11-6-10-28(20-29)42-23-32(37)34-19-18-33(38)39/h3-17,20,35H,18-19,21-23H2,1-2H3,(H,34,37)(H,38,39). The summed E-state index contributed by atoms with van der Waals surface area (Å²) in [6, 6.07) is 30.2. The fourth-order valence-corrected chi connectivity index (χ4v) is 5.08. The van der Waals surface area contributed by atoms with Crippen molar-refractivity contribution in [2.75, 3.05) is 29.0 Å². The molecular weight excluding hydrogens is 582 g/mol. The third-order valence-electron chi connectivity index (χ3n) is 6.53. The first kappa shape index (κ1) is 31.9. The van der Waals surface area contributed by atoms with Gasteiger partial charge in [-0.1, -0.05) is 54.6 Å². The van der Waals surface area contributed by atoms with Gasteiger partial charge in [0.15, 0.2) is 6.61 Å². The van der Waals surface area contributed by atoms with Crippen LogP contribution in [0.1, 0.15) is 23.1 Å².